The highest BCUT2D eigenvalue weighted by molar-refractivity contribution is 5.42. The molecule has 2 saturated heterocycles. The normalized spacial score (nSPS) is 24.6. The molecule has 0 spiro atoms. The first-order chi connectivity index (χ1) is 9.33. The Kier molecular flexibility index (Phi) is 3.77. The van der Waals surface area contributed by atoms with Crippen molar-refractivity contribution < 1.29 is 4.74 Å². The van der Waals surface area contributed by atoms with Crippen LogP contribution in [0.1, 0.15) is 19.8 Å². The van der Waals surface area contributed by atoms with Crippen molar-refractivity contribution in [3.05, 3.63) is 6.20 Å². The van der Waals surface area contributed by atoms with Crippen molar-refractivity contribution in [2.24, 2.45) is 5.92 Å². The molecule has 0 N–H and O–H groups in total. The molecular formula is C13H21N5O. The van der Waals surface area contributed by atoms with Crippen LogP contribution < -0.4 is 9.80 Å². The molecule has 3 heterocycles. The number of morpholine rings is 1. The second kappa shape index (κ2) is 5.69. The molecule has 1 atom stereocenters. The zero-order valence-electron chi connectivity index (χ0n) is 11.5. The number of hydrogen-bond donors (Lipinski definition) is 0. The Morgan fingerprint density at radius 1 is 1.21 bits per heavy atom. The summed E-state index contributed by atoms with van der Waals surface area (Å²) < 4.78 is 5.35. The monoisotopic (exact) mass is 263 g/mol. The first kappa shape index (κ1) is 12.6. The van der Waals surface area contributed by atoms with Crippen molar-refractivity contribution in [3.8, 4) is 0 Å². The zero-order valence-corrected chi connectivity index (χ0v) is 11.5. The quantitative estimate of drug-likeness (QED) is 0.791. The second-order valence-electron chi connectivity index (χ2n) is 5.41. The van der Waals surface area contributed by atoms with E-state index >= 15 is 0 Å². The van der Waals surface area contributed by atoms with Gasteiger partial charge in [-0.2, -0.15) is 10.1 Å². The Balaban J connectivity index is 1.75. The fourth-order valence-corrected chi connectivity index (χ4v) is 2.73. The van der Waals surface area contributed by atoms with Gasteiger partial charge >= 0.3 is 0 Å². The van der Waals surface area contributed by atoms with Crippen molar-refractivity contribution >= 4 is 11.8 Å². The molecule has 6 nitrogen and oxygen atoms in total. The lowest BCUT2D eigenvalue weighted by atomic mass is 10.0. The number of ether oxygens (including phenoxy) is 1. The molecule has 0 aromatic carbocycles. The van der Waals surface area contributed by atoms with Crippen LogP contribution in [0.4, 0.5) is 11.8 Å². The molecule has 0 amide bonds. The highest BCUT2D eigenvalue weighted by Gasteiger charge is 2.20. The van der Waals surface area contributed by atoms with Crippen molar-refractivity contribution in [1.82, 2.24) is 15.2 Å². The minimum atomic E-state index is 0.732. The molecule has 104 valence electrons. The van der Waals surface area contributed by atoms with Gasteiger partial charge in [0.15, 0.2) is 5.82 Å². The van der Waals surface area contributed by atoms with Gasteiger partial charge in [0.25, 0.3) is 0 Å². The topological polar surface area (TPSA) is 54.4 Å². The SMILES string of the molecule is CC1CCCN(c2cnnc(N3CCOCC3)n2)C1. The van der Waals surface area contributed by atoms with Gasteiger partial charge < -0.3 is 14.5 Å². The van der Waals surface area contributed by atoms with Crippen LogP contribution in [0.5, 0.6) is 0 Å². The molecule has 3 rings (SSSR count). The van der Waals surface area contributed by atoms with E-state index in [4.69, 9.17) is 4.74 Å². The average Bonchev–Trinajstić information content (AvgIpc) is 2.48. The van der Waals surface area contributed by atoms with Crippen molar-refractivity contribution in [2.45, 2.75) is 19.8 Å². The maximum Gasteiger partial charge on any atom is 0.247 e. The summed E-state index contributed by atoms with van der Waals surface area (Å²) in [6.07, 6.45) is 4.32. The molecule has 1 aromatic heterocycles. The van der Waals surface area contributed by atoms with Gasteiger partial charge in [0.1, 0.15) is 0 Å². The van der Waals surface area contributed by atoms with E-state index < -0.39 is 0 Å². The van der Waals surface area contributed by atoms with Crippen LogP contribution in [-0.4, -0.2) is 54.6 Å². The van der Waals surface area contributed by atoms with Gasteiger partial charge in [-0.05, 0) is 18.8 Å². The van der Waals surface area contributed by atoms with Crippen LogP contribution in [0.3, 0.4) is 0 Å². The smallest absolute Gasteiger partial charge is 0.247 e. The van der Waals surface area contributed by atoms with E-state index in [2.05, 4.69) is 31.9 Å². The summed E-state index contributed by atoms with van der Waals surface area (Å²) in [6.45, 7) is 7.63. The number of piperidine rings is 1. The standard InChI is InChI=1S/C13H21N5O/c1-11-3-2-4-18(10-11)12-9-14-16-13(15-12)17-5-7-19-8-6-17/h9,11H,2-8,10H2,1H3. The van der Waals surface area contributed by atoms with Gasteiger partial charge in [-0.1, -0.05) is 6.92 Å². The lowest BCUT2D eigenvalue weighted by molar-refractivity contribution is 0.122. The lowest BCUT2D eigenvalue weighted by Gasteiger charge is -2.32. The van der Waals surface area contributed by atoms with E-state index in [0.29, 0.717) is 0 Å². The van der Waals surface area contributed by atoms with Crippen molar-refractivity contribution in [2.75, 3.05) is 49.2 Å². The Labute approximate surface area is 113 Å². The minimum Gasteiger partial charge on any atom is -0.378 e. The molecule has 2 aliphatic heterocycles. The molecule has 2 aliphatic rings. The Hall–Kier alpha value is -1.43. The van der Waals surface area contributed by atoms with E-state index in [1.54, 1.807) is 6.20 Å². The molecule has 6 heteroatoms. The molecule has 2 fully saturated rings. The highest BCUT2D eigenvalue weighted by Crippen LogP contribution is 2.21. The third kappa shape index (κ3) is 2.94. The maximum absolute atomic E-state index is 5.35. The van der Waals surface area contributed by atoms with Crippen LogP contribution in [0.2, 0.25) is 0 Å². The molecule has 0 aliphatic carbocycles. The van der Waals surface area contributed by atoms with Gasteiger partial charge in [-0.15, -0.1) is 5.10 Å². The number of aromatic nitrogens is 3. The highest BCUT2D eigenvalue weighted by atomic mass is 16.5. The van der Waals surface area contributed by atoms with Gasteiger partial charge in [-0.3, -0.25) is 0 Å². The van der Waals surface area contributed by atoms with Crippen LogP contribution in [0, 0.1) is 5.92 Å². The zero-order chi connectivity index (χ0) is 13.1. The predicted octanol–water partition coefficient (Wildman–Crippen LogP) is 0.944. The van der Waals surface area contributed by atoms with E-state index in [0.717, 1.165) is 57.1 Å². The Morgan fingerprint density at radius 2 is 2.05 bits per heavy atom. The fourth-order valence-electron chi connectivity index (χ4n) is 2.73. The van der Waals surface area contributed by atoms with Crippen LogP contribution >= 0.6 is 0 Å². The van der Waals surface area contributed by atoms with Gasteiger partial charge in [0.05, 0.1) is 19.4 Å². The molecule has 1 unspecified atom stereocenters. The largest absolute Gasteiger partial charge is 0.378 e. The Bertz CT molecular complexity index is 421. The van der Waals surface area contributed by atoms with Crippen molar-refractivity contribution in [1.29, 1.82) is 0 Å². The fraction of sp³-hybridized carbons (Fsp3) is 0.769. The predicted molar refractivity (Wildman–Crippen MR) is 73.5 cm³/mol. The van der Waals surface area contributed by atoms with E-state index in [-0.39, 0.29) is 0 Å². The third-order valence-corrected chi connectivity index (χ3v) is 3.81. The summed E-state index contributed by atoms with van der Waals surface area (Å²) >= 11 is 0. The lowest BCUT2D eigenvalue weighted by Crippen LogP contribution is -2.39. The third-order valence-electron chi connectivity index (χ3n) is 3.81. The average molecular weight is 263 g/mol. The molecule has 1 aromatic rings. The molecular weight excluding hydrogens is 242 g/mol. The molecule has 0 radical (unpaired) electrons. The van der Waals surface area contributed by atoms with E-state index in [1.165, 1.54) is 12.8 Å². The summed E-state index contributed by atoms with van der Waals surface area (Å²) in [5.41, 5.74) is 0. The van der Waals surface area contributed by atoms with Crippen molar-refractivity contribution in [3.63, 3.8) is 0 Å². The first-order valence-corrected chi connectivity index (χ1v) is 7.10. The Morgan fingerprint density at radius 3 is 2.84 bits per heavy atom. The summed E-state index contributed by atoms with van der Waals surface area (Å²) in [7, 11) is 0. The van der Waals surface area contributed by atoms with Gasteiger partial charge in [-0.25, -0.2) is 0 Å². The van der Waals surface area contributed by atoms with E-state index in [9.17, 15) is 0 Å². The van der Waals surface area contributed by atoms with Gasteiger partial charge in [0, 0.05) is 26.2 Å². The number of nitrogens with zero attached hydrogens (tertiary/aromatic N) is 5. The summed E-state index contributed by atoms with van der Waals surface area (Å²) in [6, 6.07) is 0. The second-order valence-corrected chi connectivity index (χ2v) is 5.41. The summed E-state index contributed by atoms with van der Waals surface area (Å²) in [5.74, 6) is 2.43. The van der Waals surface area contributed by atoms with Crippen LogP contribution in [-0.2, 0) is 4.74 Å². The molecule has 0 bridgehead atoms. The number of hydrogen-bond acceptors (Lipinski definition) is 6. The summed E-state index contributed by atoms with van der Waals surface area (Å²) in [5, 5.41) is 8.28. The molecule has 19 heavy (non-hydrogen) atoms. The molecule has 0 saturated carbocycles. The van der Waals surface area contributed by atoms with E-state index in [1.807, 2.05) is 0 Å². The van der Waals surface area contributed by atoms with Gasteiger partial charge in [0.2, 0.25) is 5.95 Å². The first-order valence-electron chi connectivity index (χ1n) is 7.10. The summed E-state index contributed by atoms with van der Waals surface area (Å²) in [4.78, 5) is 9.15. The van der Waals surface area contributed by atoms with Crippen LogP contribution in [0.25, 0.3) is 0 Å². The maximum atomic E-state index is 5.35. The minimum absolute atomic E-state index is 0.732. The number of anilines is 2. The van der Waals surface area contributed by atoms with Crippen LogP contribution in [0.15, 0.2) is 6.20 Å². The number of rotatable bonds is 2.